The van der Waals surface area contributed by atoms with E-state index < -0.39 is 38.3 Å². The van der Waals surface area contributed by atoms with Crippen LogP contribution in [0.4, 0.5) is 0 Å². The van der Waals surface area contributed by atoms with Crippen molar-refractivity contribution in [3.63, 3.8) is 0 Å². The van der Waals surface area contributed by atoms with Crippen LogP contribution in [0.3, 0.4) is 0 Å². The van der Waals surface area contributed by atoms with Crippen molar-refractivity contribution in [1.82, 2.24) is 0 Å². The fraction of sp³-hybridized carbons (Fsp3) is 0.625. The first-order chi connectivity index (χ1) is 12.0. The first kappa shape index (κ1) is 22.6. The number of hydrogen-bond donors (Lipinski definition) is 3. The second kappa shape index (κ2) is 12.0. The van der Waals surface area contributed by atoms with E-state index in [1.54, 1.807) is 6.08 Å². The van der Waals surface area contributed by atoms with Gasteiger partial charge in [0.2, 0.25) is 13.9 Å². The molecular formula is C16H27O7PS. The molecule has 1 aliphatic rings. The molecule has 0 spiro atoms. The zero-order valence-electron chi connectivity index (χ0n) is 14.5. The highest BCUT2D eigenvalue weighted by Gasteiger charge is 2.45. The number of ether oxygens (including phenoxy) is 2. The molecule has 7 nitrogen and oxygen atoms in total. The van der Waals surface area contributed by atoms with E-state index in [9.17, 15) is 15.3 Å². The van der Waals surface area contributed by atoms with Gasteiger partial charge in [0, 0.05) is 5.75 Å². The summed E-state index contributed by atoms with van der Waals surface area (Å²) in [6.45, 7) is 11.9. The number of allylic oxidation sites excluding steroid dienone is 3. The highest BCUT2D eigenvalue weighted by atomic mass is 32.7. The lowest BCUT2D eigenvalue weighted by Gasteiger charge is -2.40. The molecule has 0 aromatic carbocycles. The van der Waals surface area contributed by atoms with Crippen LogP contribution >= 0.6 is 19.0 Å². The summed E-state index contributed by atoms with van der Waals surface area (Å²) < 4.78 is 22.1. The Morgan fingerprint density at radius 3 is 2.28 bits per heavy atom. The van der Waals surface area contributed by atoms with Crippen molar-refractivity contribution < 1.29 is 33.8 Å². The van der Waals surface area contributed by atoms with E-state index in [0.29, 0.717) is 24.7 Å². The van der Waals surface area contributed by atoms with Gasteiger partial charge in [-0.15, -0.1) is 0 Å². The molecule has 25 heavy (non-hydrogen) atoms. The van der Waals surface area contributed by atoms with E-state index in [4.69, 9.17) is 18.5 Å². The highest BCUT2D eigenvalue weighted by molar-refractivity contribution is 8.52. The van der Waals surface area contributed by atoms with Gasteiger partial charge in [-0.1, -0.05) is 30.6 Å². The fourth-order valence-corrected chi connectivity index (χ4v) is 5.09. The molecule has 0 aromatic rings. The Bertz CT molecular complexity index is 442. The van der Waals surface area contributed by atoms with Gasteiger partial charge >= 0.3 is 0 Å². The van der Waals surface area contributed by atoms with Crippen molar-refractivity contribution in [1.29, 1.82) is 0 Å². The Morgan fingerprint density at radius 2 is 1.76 bits per heavy atom. The normalized spacial score (nSPS) is 30.3. The zero-order valence-corrected chi connectivity index (χ0v) is 16.2. The molecular weight excluding hydrogens is 367 g/mol. The van der Waals surface area contributed by atoms with Gasteiger partial charge in [-0.05, 0) is 26.0 Å². The minimum atomic E-state index is -1.40. The van der Waals surface area contributed by atoms with Crippen molar-refractivity contribution in [3.05, 3.63) is 37.1 Å². The van der Waals surface area contributed by atoms with E-state index in [0.717, 1.165) is 0 Å². The molecule has 0 aromatic heterocycles. The molecule has 1 saturated heterocycles. The Labute approximate surface area is 154 Å². The molecule has 9 heteroatoms. The summed E-state index contributed by atoms with van der Waals surface area (Å²) in [5.74, 6) is 0.644. The SMILES string of the molecule is C=C/C=C(\C=C)O[C@H]1OC(CSP(OCC)OCC)[C@@H](O)C(O)C1O. The van der Waals surface area contributed by atoms with Crippen molar-refractivity contribution >= 4 is 19.0 Å². The standard InChI is InChI=1S/C16H27O7PS/c1-5-9-11(6-2)22-16-15(19)14(18)13(17)12(23-16)10-25-24(20-7-3)21-8-4/h5-6,9,12-19H,1-2,7-8,10H2,3-4H3/b11-9+/t12?,13-,14?,15?,16+/m1/s1. The summed E-state index contributed by atoms with van der Waals surface area (Å²) in [4.78, 5) is 0. The van der Waals surface area contributed by atoms with Gasteiger partial charge in [0.15, 0.2) is 0 Å². The Kier molecular flexibility index (Phi) is 10.9. The molecule has 5 atom stereocenters. The van der Waals surface area contributed by atoms with E-state index in [2.05, 4.69) is 13.2 Å². The summed E-state index contributed by atoms with van der Waals surface area (Å²) in [7, 11) is -1.17. The molecule has 0 amide bonds. The van der Waals surface area contributed by atoms with Crippen molar-refractivity contribution in [2.75, 3.05) is 19.0 Å². The average Bonchev–Trinajstić information content (AvgIpc) is 2.60. The first-order valence-electron chi connectivity index (χ1n) is 7.98. The third-order valence-corrected chi connectivity index (χ3v) is 6.56. The molecule has 144 valence electrons. The largest absolute Gasteiger partial charge is 0.462 e. The van der Waals surface area contributed by atoms with Crippen molar-refractivity contribution in [3.8, 4) is 0 Å². The van der Waals surface area contributed by atoms with Gasteiger partial charge in [-0.25, -0.2) is 0 Å². The molecule has 0 bridgehead atoms. The molecule has 1 rings (SSSR count). The maximum atomic E-state index is 10.2. The first-order valence-corrected chi connectivity index (χ1v) is 10.8. The summed E-state index contributed by atoms with van der Waals surface area (Å²) in [6.07, 6.45) is -1.46. The minimum Gasteiger partial charge on any atom is -0.462 e. The predicted molar refractivity (Wildman–Crippen MR) is 98.9 cm³/mol. The summed E-state index contributed by atoms with van der Waals surface area (Å²) in [5, 5.41) is 30.3. The molecule has 1 aliphatic heterocycles. The van der Waals surface area contributed by atoms with Crippen LogP contribution in [-0.4, -0.2) is 65.0 Å². The summed E-state index contributed by atoms with van der Waals surface area (Å²) in [6, 6.07) is 0. The van der Waals surface area contributed by atoms with Crippen LogP contribution in [0.2, 0.25) is 0 Å². The van der Waals surface area contributed by atoms with Crippen LogP contribution in [0.25, 0.3) is 0 Å². The topological polar surface area (TPSA) is 97.6 Å². The minimum absolute atomic E-state index is 0.311. The van der Waals surface area contributed by atoms with Crippen molar-refractivity contribution in [2.45, 2.75) is 44.6 Å². The lowest BCUT2D eigenvalue weighted by Crippen LogP contribution is -2.58. The monoisotopic (exact) mass is 394 g/mol. The Morgan fingerprint density at radius 1 is 1.12 bits per heavy atom. The Hall–Kier alpha value is -0.440. The second-order valence-corrected chi connectivity index (χ2v) is 8.22. The lowest BCUT2D eigenvalue weighted by molar-refractivity contribution is -0.280. The highest BCUT2D eigenvalue weighted by Crippen LogP contribution is 2.52. The molecule has 3 unspecified atom stereocenters. The van der Waals surface area contributed by atoms with Crippen LogP contribution in [-0.2, 0) is 18.5 Å². The number of rotatable bonds is 11. The fourth-order valence-electron chi connectivity index (χ4n) is 2.01. The molecule has 0 aliphatic carbocycles. The van der Waals surface area contributed by atoms with Crippen molar-refractivity contribution in [2.24, 2.45) is 0 Å². The van der Waals surface area contributed by atoms with Gasteiger partial charge in [-0.2, -0.15) is 0 Å². The maximum absolute atomic E-state index is 10.2. The molecule has 0 radical (unpaired) electrons. The Balaban J connectivity index is 2.73. The van der Waals surface area contributed by atoms with Gasteiger partial charge in [-0.3, -0.25) is 0 Å². The van der Waals surface area contributed by atoms with Crippen LogP contribution in [0.15, 0.2) is 37.1 Å². The van der Waals surface area contributed by atoms with E-state index >= 15 is 0 Å². The van der Waals surface area contributed by atoms with E-state index in [1.165, 1.54) is 23.5 Å². The van der Waals surface area contributed by atoms with Gasteiger partial charge < -0.3 is 33.8 Å². The third-order valence-electron chi connectivity index (χ3n) is 3.22. The predicted octanol–water partition coefficient (Wildman–Crippen LogP) is 2.10. The van der Waals surface area contributed by atoms with E-state index in [-0.39, 0.29) is 0 Å². The summed E-state index contributed by atoms with van der Waals surface area (Å²) >= 11 is 1.36. The maximum Gasteiger partial charge on any atom is 0.238 e. The van der Waals surface area contributed by atoms with Crippen LogP contribution < -0.4 is 0 Å². The van der Waals surface area contributed by atoms with Gasteiger partial charge in [0.05, 0.1) is 19.3 Å². The third kappa shape index (κ3) is 7.00. The molecule has 0 saturated carbocycles. The molecule has 3 N–H and O–H groups in total. The number of aliphatic hydroxyl groups is 3. The zero-order chi connectivity index (χ0) is 18.8. The molecule has 1 heterocycles. The smallest absolute Gasteiger partial charge is 0.238 e. The average molecular weight is 394 g/mol. The second-order valence-electron chi connectivity index (χ2n) is 5.00. The summed E-state index contributed by atoms with van der Waals surface area (Å²) in [5.41, 5.74) is 0. The van der Waals surface area contributed by atoms with Gasteiger partial charge in [0.1, 0.15) is 24.1 Å². The molecule has 1 fully saturated rings. The van der Waals surface area contributed by atoms with E-state index in [1.807, 2.05) is 13.8 Å². The number of aliphatic hydroxyl groups excluding tert-OH is 3. The quantitative estimate of drug-likeness (QED) is 0.278. The van der Waals surface area contributed by atoms with Crippen LogP contribution in [0, 0.1) is 0 Å². The lowest BCUT2D eigenvalue weighted by atomic mass is 10.00. The van der Waals surface area contributed by atoms with Crippen LogP contribution in [0.1, 0.15) is 13.8 Å². The number of hydrogen-bond acceptors (Lipinski definition) is 8. The van der Waals surface area contributed by atoms with Gasteiger partial charge in [0.25, 0.3) is 0 Å². The van der Waals surface area contributed by atoms with Crippen LogP contribution in [0.5, 0.6) is 0 Å².